The van der Waals surface area contributed by atoms with E-state index in [-0.39, 0.29) is 11.8 Å². The Kier molecular flexibility index (Phi) is 18.9. The van der Waals surface area contributed by atoms with Crippen LogP contribution in [0.3, 0.4) is 0 Å². The van der Waals surface area contributed by atoms with E-state index in [1.807, 2.05) is 6.92 Å². The van der Waals surface area contributed by atoms with E-state index >= 15 is 0 Å². The van der Waals surface area contributed by atoms with Crippen molar-refractivity contribution in [1.29, 1.82) is 0 Å². The molecular formula is C26H47ClN2O. The van der Waals surface area contributed by atoms with E-state index in [1.54, 1.807) is 0 Å². The molecule has 174 valence electrons. The molecule has 0 aromatic heterocycles. The summed E-state index contributed by atoms with van der Waals surface area (Å²) in [4.78, 5) is 11.8. The molecule has 0 saturated heterocycles. The maximum atomic E-state index is 11.8. The lowest BCUT2D eigenvalue weighted by atomic mass is 10.1. The number of carbonyl (C=O) groups is 1. The Hall–Kier alpha value is -1.22. The van der Waals surface area contributed by atoms with E-state index in [9.17, 15) is 4.79 Å². The monoisotopic (exact) mass is 438 g/mol. The Labute approximate surface area is 191 Å². The van der Waals surface area contributed by atoms with Crippen LogP contribution in [0.15, 0.2) is 36.0 Å². The van der Waals surface area contributed by atoms with Crippen molar-refractivity contribution in [3.8, 4) is 0 Å². The molecule has 0 rings (SSSR count). The summed E-state index contributed by atoms with van der Waals surface area (Å²) < 4.78 is 0. The molecule has 0 spiro atoms. The van der Waals surface area contributed by atoms with E-state index in [2.05, 4.69) is 37.3 Å². The molecule has 0 heterocycles. The lowest BCUT2D eigenvalue weighted by Gasteiger charge is -2.10. The molecule has 1 unspecified atom stereocenters. The molecule has 0 saturated carbocycles. The zero-order chi connectivity index (χ0) is 22.6. The highest BCUT2D eigenvalue weighted by Gasteiger charge is 2.07. The van der Waals surface area contributed by atoms with Crippen molar-refractivity contribution in [3.05, 3.63) is 36.0 Å². The van der Waals surface area contributed by atoms with E-state index in [1.165, 1.54) is 75.5 Å². The quantitative estimate of drug-likeness (QED) is 0.143. The minimum absolute atomic E-state index is 0.119. The second-order valence-corrected chi connectivity index (χ2v) is 9.24. The highest BCUT2D eigenvalue weighted by atomic mass is 35.5. The van der Waals surface area contributed by atoms with Crippen molar-refractivity contribution >= 4 is 17.5 Å². The first kappa shape index (κ1) is 28.8. The van der Waals surface area contributed by atoms with Crippen molar-refractivity contribution in [2.75, 3.05) is 13.1 Å². The van der Waals surface area contributed by atoms with Crippen LogP contribution in [0.5, 0.6) is 0 Å². The Morgan fingerprint density at radius 2 is 1.27 bits per heavy atom. The van der Waals surface area contributed by atoms with Gasteiger partial charge in [-0.25, -0.2) is 0 Å². The molecule has 1 amide bonds. The van der Waals surface area contributed by atoms with Gasteiger partial charge in [-0.3, -0.25) is 4.79 Å². The predicted octanol–water partition coefficient (Wildman–Crippen LogP) is 7.63. The summed E-state index contributed by atoms with van der Waals surface area (Å²) in [5, 5.41) is 7.10. The van der Waals surface area contributed by atoms with Gasteiger partial charge in [0.15, 0.2) is 0 Å². The number of allylic oxidation sites excluding steroid dienone is 3. The van der Waals surface area contributed by atoms with Gasteiger partial charge in [0.1, 0.15) is 0 Å². The predicted molar refractivity (Wildman–Crippen MR) is 134 cm³/mol. The molecule has 0 fully saturated rings. The third kappa shape index (κ3) is 20.1. The van der Waals surface area contributed by atoms with Crippen molar-refractivity contribution in [1.82, 2.24) is 10.6 Å². The van der Waals surface area contributed by atoms with Gasteiger partial charge in [-0.15, -0.1) is 6.58 Å². The van der Waals surface area contributed by atoms with Crippen LogP contribution < -0.4 is 10.6 Å². The number of halogens is 1. The zero-order valence-corrected chi connectivity index (χ0v) is 20.6. The third-order valence-corrected chi connectivity index (χ3v) is 5.84. The topological polar surface area (TPSA) is 41.1 Å². The molecule has 0 bridgehead atoms. The normalized spacial score (nSPS) is 11.7. The first-order valence-corrected chi connectivity index (χ1v) is 12.4. The fourth-order valence-corrected chi connectivity index (χ4v) is 3.36. The smallest absolute Gasteiger partial charge is 0.220 e. The Balaban J connectivity index is 3.36. The Bertz CT molecular complexity index is 501. The number of amides is 1. The number of hydrogen-bond acceptors (Lipinski definition) is 2. The van der Waals surface area contributed by atoms with Crippen molar-refractivity contribution < 1.29 is 4.79 Å². The third-order valence-electron chi connectivity index (χ3n) is 5.47. The van der Waals surface area contributed by atoms with Gasteiger partial charge in [-0.2, -0.15) is 0 Å². The molecule has 1 atom stereocenters. The summed E-state index contributed by atoms with van der Waals surface area (Å²) in [7, 11) is 0. The molecule has 4 heteroatoms. The molecular weight excluding hydrogens is 392 g/mol. The van der Waals surface area contributed by atoms with Crippen LogP contribution in [0.4, 0.5) is 0 Å². The fourth-order valence-electron chi connectivity index (χ4n) is 3.25. The molecule has 30 heavy (non-hydrogen) atoms. The van der Waals surface area contributed by atoms with Crippen LogP contribution in [0.2, 0.25) is 0 Å². The fraction of sp³-hybridized carbons (Fsp3) is 0.731. The highest BCUT2D eigenvalue weighted by Crippen LogP contribution is 2.17. The number of carbonyl (C=O) groups excluding carboxylic acids is 1. The van der Waals surface area contributed by atoms with Gasteiger partial charge in [0, 0.05) is 30.2 Å². The molecule has 0 radical (unpaired) electrons. The highest BCUT2D eigenvalue weighted by molar-refractivity contribution is 6.29. The summed E-state index contributed by atoms with van der Waals surface area (Å²) in [6.45, 7) is 17.7. The molecule has 0 aliphatic heterocycles. The van der Waals surface area contributed by atoms with Crippen LogP contribution in [-0.2, 0) is 4.79 Å². The van der Waals surface area contributed by atoms with E-state index in [4.69, 9.17) is 11.6 Å². The van der Waals surface area contributed by atoms with Crippen molar-refractivity contribution in [2.45, 2.75) is 104 Å². The largest absolute Gasteiger partial charge is 0.389 e. The number of unbranched alkanes of at least 4 members (excludes halogenated alkanes) is 8. The SMILES string of the molecule is C=C(C)CCCCCCCNC(=C)CCCCCCCNC(=O)CCC(C)C(=C)Cl. The minimum Gasteiger partial charge on any atom is -0.389 e. The summed E-state index contributed by atoms with van der Waals surface area (Å²) in [5.74, 6) is 0.312. The zero-order valence-electron chi connectivity index (χ0n) is 19.8. The van der Waals surface area contributed by atoms with Gasteiger partial charge in [-0.1, -0.05) is 75.8 Å². The summed E-state index contributed by atoms with van der Waals surface area (Å²) >= 11 is 5.84. The average molecular weight is 439 g/mol. The second kappa shape index (κ2) is 19.7. The van der Waals surface area contributed by atoms with Crippen LogP contribution in [0.25, 0.3) is 0 Å². The van der Waals surface area contributed by atoms with Gasteiger partial charge >= 0.3 is 0 Å². The van der Waals surface area contributed by atoms with Gasteiger partial charge in [0.05, 0.1) is 0 Å². The summed E-state index contributed by atoms with van der Waals surface area (Å²) in [6, 6.07) is 0. The van der Waals surface area contributed by atoms with Gasteiger partial charge < -0.3 is 10.6 Å². The van der Waals surface area contributed by atoms with E-state index in [0.717, 1.165) is 32.4 Å². The lowest BCUT2D eigenvalue weighted by Crippen LogP contribution is -2.24. The Morgan fingerprint density at radius 3 is 1.83 bits per heavy atom. The first-order valence-electron chi connectivity index (χ1n) is 12.0. The van der Waals surface area contributed by atoms with Gasteiger partial charge in [0.25, 0.3) is 0 Å². The van der Waals surface area contributed by atoms with Gasteiger partial charge in [-0.05, 0) is 57.8 Å². The van der Waals surface area contributed by atoms with Crippen LogP contribution in [-0.4, -0.2) is 19.0 Å². The number of nitrogens with one attached hydrogen (secondary N) is 2. The molecule has 3 nitrogen and oxygen atoms in total. The first-order chi connectivity index (χ1) is 14.3. The van der Waals surface area contributed by atoms with Crippen LogP contribution in [0.1, 0.15) is 104 Å². The van der Waals surface area contributed by atoms with Crippen LogP contribution in [0, 0.1) is 5.92 Å². The summed E-state index contributed by atoms with van der Waals surface area (Å²) in [6.07, 6.45) is 15.9. The molecule has 0 aromatic rings. The number of hydrogen-bond donors (Lipinski definition) is 2. The molecule has 0 aliphatic rings. The Morgan fingerprint density at radius 1 is 0.767 bits per heavy atom. The second-order valence-electron chi connectivity index (χ2n) is 8.76. The van der Waals surface area contributed by atoms with Crippen LogP contribution >= 0.6 is 11.6 Å². The minimum atomic E-state index is 0.119. The van der Waals surface area contributed by atoms with E-state index < -0.39 is 0 Å². The van der Waals surface area contributed by atoms with Crippen molar-refractivity contribution in [2.24, 2.45) is 5.92 Å². The van der Waals surface area contributed by atoms with E-state index in [0.29, 0.717) is 11.5 Å². The number of rotatable bonds is 21. The maximum Gasteiger partial charge on any atom is 0.220 e. The van der Waals surface area contributed by atoms with Gasteiger partial charge in [0.2, 0.25) is 5.91 Å². The van der Waals surface area contributed by atoms with Crippen molar-refractivity contribution in [3.63, 3.8) is 0 Å². The molecule has 0 aliphatic carbocycles. The standard InChI is InChI=1S/C26H47ClN2O/c1-22(2)16-12-8-6-10-14-20-28-24(4)17-13-9-7-11-15-21-29-26(30)19-18-23(3)25(5)27/h23,28H,1,4-21H2,2-3H3,(H,29,30). The average Bonchev–Trinajstić information content (AvgIpc) is 2.69. The lowest BCUT2D eigenvalue weighted by molar-refractivity contribution is -0.121. The molecule has 0 aromatic carbocycles. The summed E-state index contributed by atoms with van der Waals surface area (Å²) in [5.41, 5.74) is 2.48. The molecule has 2 N–H and O–H groups in total. The maximum absolute atomic E-state index is 11.8.